The SMILES string of the molecule is COC(=O)c1cc(CCCN)oc1C.Cl. The number of carbonyl (C=O) groups excluding carboxylic acids is 1. The predicted molar refractivity (Wildman–Crippen MR) is 59.4 cm³/mol. The third kappa shape index (κ3) is 3.57. The molecule has 5 heteroatoms. The van der Waals surface area contributed by atoms with Crippen molar-refractivity contribution in [3.05, 3.63) is 23.2 Å². The van der Waals surface area contributed by atoms with Crippen molar-refractivity contribution >= 4 is 18.4 Å². The first-order valence-corrected chi connectivity index (χ1v) is 4.56. The zero-order valence-corrected chi connectivity index (χ0v) is 9.73. The molecule has 86 valence electrons. The molecule has 0 aliphatic rings. The molecule has 1 aromatic rings. The molecule has 0 aliphatic heterocycles. The summed E-state index contributed by atoms with van der Waals surface area (Å²) in [6, 6.07) is 1.72. The van der Waals surface area contributed by atoms with Gasteiger partial charge < -0.3 is 14.9 Å². The van der Waals surface area contributed by atoms with Crippen molar-refractivity contribution in [1.29, 1.82) is 0 Å². The van der Waals surface area contributed by atoms with E-state index in [0.717, 1.165) is 18.6 Å². The highest BCUT2D eigenvalue weighted by Gasteiger charge is 2.14. The molecular formula is C10H16ClNO3. The second kappa shape index (κ2) is 6.48. The molecule has 1 heterocycles. The second-order valence-corrected chi connectivity index (χ2v) is 3.07. The van der Waals surface area contributed by atoms with Crippen LogP contribution in [-0.2, 0) is 11.2 Å². The summed E-state index contributed by atoms with van der Waals surface area (Å²) in [5, 5.41) is 0. The van der Waals surface area contributed by atoms with E-state index in [1.54, 1.807) is 13.0 Å². The minimum Gasteiger partial charge on any atom is -0.465 e. The van der Waals surface area contributed by atoms with Crippen molar-refractivity contribution in [2.24, 2.45) is 5.73 Å². The van der Waals surface area contributed by atoms with E-state index in [1.807, 2.05) is 0 Å². The van der Waals surface area contributed by atoms with Gasteiger partial charge in [0.15, 0.2) is 0 Å². The molecule has 0 spiro atoms. The first-order valence-electron chi connectivity index (χ1n) is 4.56. The average Bonchev–Trinajstić information content (AvgIpc) is 2.55. The molecule has 0 fully saturated rings. The van der Waals surface area contributed by atoms with Gasteiger partial charge in [0.25, 0.3) is 0 Å². The van der Waals surface area contributed by atoms with E-state index < -0.39 is 0 Å². The first-order chi connectivity index (χ1) is 6.69. The van der Waals surface area contributed by atoms with Crippen molar-refractivity contribution in [1.82, 2.24) is 0 Å². The number of halogens is 1. The van der Waals surface area contributed by atoms with E-state index in [1.165, 1.54) is 7.11 Å². The number of rotatable bonds is 4. The largest absolute Gasteiger partial charge is 0.465 e. The van der Waals surface area contributed by atoms with E-state index in [9.17, 15) is 4.79 Å². The van der Waals surface area contributed by atoms with E-state index >= 15 is 0 Å². The molecule has 2 N–H and O–H groups in total. The van der Waals surface area contributed by atoms with Gasteiger partial charge in [-0.1, -0.05) is 0 Å². The number of esters is 1. The fraction of sp³-hybridized carbons (Fsp3) is 0.500. The van der Waals surface area contributed by atoms with Crippen LogP contribution in [0.1, 0.15) is 28.3 Å². The molecule has 1 aromatic heterocycles. The third-order valence-corrected chi connectivity index (χ3v) is 2.00. The van der Waals surface area contributed by atoms with Crippen LogP contribution in [0, 0.1) is 6.92 Å². The Morgan fingerprint density at radius 2 is 2.27 bits per heavy atom. The van der Waals surface area contributed by atoms with E-state index in [-0.39, 0.29) is 18.4 Å². The summed E-state index contributed by atoms with van der Waals surface area (Å²) in [7, 11) is 1.36. The Morgan fingerprint density at radius 1 is 1.60 bits per heavy atom. The number of hydrogen-bond donors (Lipinski definition) is 1. The highest BCUT2D eigenvalue weighted by atomic mass is 35.5. The molecule has 4 nitrogen and oxygen atoms in total. The van der Waals surface area contributed by atoms with E-state index in [2.05, 4.69) is 4.74 Å². The molecule has 0 aromatic carbocycles. The lowest BCUT2D eigenvalue weighted by Crippen LogP contribution is -2.01. The number of nitrogens with two attached hydrogens (primary N) is 1. The van der Waals surface area contributed by atoms with Crippen LogP contribution in [0.4, 0.5) is 0 Å². The fourth-order valence-electron chi connectivity index (χ4n) is 1.26. The zero-order valence-electron chi connectivity index (χ0n) is 8.91. The number of carbonyl (C=O) groups is 1. The summed E-state index contributed by atoms with van der Waals surface area (Å²) in [4.78, 5) is 11.2. The van der Waals surface area contributed by atoms with Crippen LogP contribution >= 0.6 is 12.4 Å². The lowest BCUT2D eigenvalue weighted by molar-refractivity contribution is 0.0599. The molecule has 0 amide bonds. The lowest BCUT2D eigenvalue weighted by Gasteiger charge is -1.93. The number of methoxy groups -OCH3 is 1. The predicted octanol–water partition coefficient (Wildman–Crippen LogP) is 1.69. The maximum absolute atomic E-state index is 11.2. The Hall–Kier alpha value is -1.00. The second-order valence-electron chi connectivity index (χ2n) is 3.07. The number of ether oxygens (including phenoxy) is 1. The highest BCUT2D eigenvalue weighted by molar-refractivity contribution is 5.90. The summed E-state index contributed by atoms with van der Waals surface area (Å²) < 4.78 is 9.99. The lowest BCUT2D eigenvalue weighted by atomic mass is 10.2. The quantitative estimate of drug-likeness (QED) is 0.804. The van der Waals surface area contributed by atoms with Gasteiger partial charge in [-0.3, -0.25) is 0 Å². The Labute approximate surface area is 95.2 Å². The van der Waals surface area contributed by atoms with Crippen molar-refractivity contribution < 1.29 is 13.9 Å². The fourth-order valence-corrected chi connectivity index (χ4v) is 1.26. The van der Waals surface area contributed by atoms with Crippen LogP contribution in [0.15, 0.2) is 10.5 Å². The van der Waals surface area contributed by atoms with Crippen LogP contribution < -0.4 is 5.73 Å². The number of hydrogen-bond acceptors (Lipinski definition) is 4. The van der Waals surface area contributed by atoms with Gasteiger partial charge in [-0.25, -0.2) is 4.79 Å². The van der Waals surface area contributed by atoms with E-state index in [4.69, 9.17) is 10.2 Å². The van der Waals surface area contributed by atoms with Crippen LogP contribution in [-0.4, -0.2) is 19.6 Å². The molecule has 15 heavy (non-hydrogen) atoms. The van der Waals surface area contributed by atoms with Gasteiger partial charge in [-0.05, 0) is 26.0 Å². The molecule has 0 bridgehead atoms. The van der Waals surface area contributed by atoms with Gasteiger partial charge in [-0.2, -0.15) is 0 Å². The number of aryl methyl sites for hydroxylation is 2. The molecule has 1 rings (SSSR count). The van der Waals surface area contributed by atoms with Gasteiger partial charge >= 0.3 is 5.97 Å². The summed E-state index contributed by atoms with van der Waals surface area (Å²) in [6.45, 7) is 2.37. The summed E-state index contributed by atoms with van der Waals surface area (Å²) >= 11 is 0. The maximum Gasteiger partial charge on any atom is 0.341 e. The zero-order chi connectivity index (χ0) is 10.6. The van der Waals surface area contributed by atoms with Crippen LogP contribution in [0.3, 0.4) is 0 Å². The van der Waals surface area contributed by atoms with Gasteiger partial charge in [0.1, 0.15) is 17.1 Å². The minimum absolute atomic E-state index is 0. The van der Waals surface area contributed by atoms with Gasteiger partial charge in [0.2, 0.25) is 0 Å². The van der Waals surface area contributed by atoms with Crippen molar-refractivity contribution in [2.75, 3.05) is 13.7 Å². The monoisotopic (exact) mass is 233 g/mol. The molecule has 0 saturated carbocycles. The van der Waals surface area contributed by atoms with Crippen LogP contribution in [0.5, 0.6) is 0 Å². The Morgan fingerprint density at radius 3 is 2.80 bits per heavy atom. The first kappa shape index (κ1) is 14.0. The maximum atomic E-state index is 11.2. The summed E-state index contributed by atoms with van der Waals surface area (Å²) in [5.41, 5.74) is 5.87. The van der Waals surface area contributed by atoms with Gasteiger partial charge in [0.05, 0.1) is 7.11 Å². The summed E-state index contributed by atoms with van der Waals surface area (Å²) in [5.74, 6) is 1.03. The van der Waals surface area contributed by atoms with Crippen molar-refractivity contribution in [3.8, 4) is 0 Å². The van der Waals surface area contributed by atoms with Crippen molar-refractivity contribution in [2.45, 2.75) is 19.8 Å². The van der Waals surface area contributed by atoms with Crippen LogP contribution in [0.2, 0.25) is 0 Å². The molecule has 0 saturated heterocycles. The minimum atomic E-state index is -0.356. The summed E-state index contributed by atoms with van der Waals surface area (Å²) in [6.07, 6.45) is 1.61. The standard InChI is InChI=1S/C10H15NO3.ClH/c1-7-9(10(12)13-2)6-8(14-7)4-3-5-11;/h6H,3-5,11H2,1-2H3;1H. The molecule has 0 radical (unpaired) electrons. The topological polar surface area (TPSA) is 65.5 Å². The van der Waals surface area contributed by atoms with Gasteiger partial charge in [0, 0.05) is 6.42 Å². The Bertz CT molecular complexity index is 322. The normalized spacial score (nSPS) is 9.53. The van der Waals surface area contributed by atoms with Crippen LogP contribution in [0.25, 0.3) is 0 Å². The molecule has 0 unspecified atom stereocenters. The molecular weight excluding hydrogens is 218 g/mol. The molecule has 0 atom stereocenters. The van der Waals surface area contributed by atoms with E-state index in [0.29, 0.717) is 17.9 Å². The highest BCUT2D eigenvalue weighted by Crippen LogP contribution is 2.16. The molecule has 0 aliphatic carbocycles. The Kier molecular flexibility index (Phi) is 6.05. The van der Waals surface area contributed by atoms with Crippen molar-refractivity contribution in [3.63, 3.8) is 0 Å². The number of furan rings is 1. The smallest absolute Gasteiger partial charge is 0.341 e. The third-order valence-electron chi connectivity index (χ3n) is 2.00. The Balaban J connectivity index is 0.00000196. The average molecular weight is 234 g/mol. The van der Waals surface area contributed by atoms with Gasteiger partial charge in [-0.15, -0.1) is 12.4 Å².